The van der Waals surface area contributed by atoms with Crippen LogP contribution in [0.3, 0.4) is 0 Å². The third-order valence-corrected chi connectivity index (χ3v) is 5.67. The zero-order valence-electron chi connectivity index (χ0n) is 14.7. The molecule has 3 heterocycles. The summed E-state index contributed by atoms with van der Waals surface area (Å²) in [6.45, 7) is 1.98. The second kappa shape index (κ2) is 7.45. The van der Waals surface area contributed by atoms with Gasteiger partial charge >= 0.3 is 0 Å². The maximum atomic E-state index is 12.4. The highest BCUT2D eigenvalue weighted by atomic mass is 32.2. The number of anilines is 1. The Bertz CT molecular complexity index is 1120. The van der Waals surface area contributed by atoms with E-state index in [1.807, 2.05) is 43.6 Å². The lowest BCUT2D eigenvalue weighted by Crippen LogP contribution is -2.14. The molecule has 4 aromatic rings. The highest BCUT2D eigenvalue weighted by Crippen LogP contribution is 2.26. The van der Waals surface area contributed by atoms with E-state index in [0.717, 1.165) is 38.0 Å². The predicted octanol–water partition coefficient (Wildman–Crippen LogP) is 3.53. The number of fused-ring (bicyclic) bond motifs is 1. The molecule has 9 heteroatoms. The molecule has 0 fully saturated rings. The van der Waals surface area contributed by atoms with Crippen molar-refractivity contribution in [1.82, 2.24) is 24.7 Å². The molecule has 1 aromatic carbocycles. The van der Waals surface area contributed by atoms with E-state index < -0.39 is 0 Å². The van der Waals surface area contributed by atoms with Crippen LogP contribution >= 0.6 is 23.1 Å². The van der Waals surface area contributed by atoms with Crippen LogP contribution in [0.2, 0.25) is 0 Å². The molecule has 0 atom stereocenters. The van der Waals surface area contributed by atoms with Crippen molar-refractivity contribution in [3.63, 3.8) is 0 Å². The third kappa shape index (κ3) is 3.83. The van der Waals surface area contributed by atoms with Gasteiger partial charge in [0.25, 0.3) is 0 Å². The maximum Gasteiger partial charge on any atom is 0.234 e. The standard InChI is InChI=1S/C18H16N6OS2/c1-11-22-15(8-26-11)12-4-3-5-13(6-12)23-16(25)9-27-18-14-7-21-24(2)17(14)19-10-20-18/h3-8,10H,9H2,1-2H3,(H,23,25). The highest BCUT2D eigenvalue weighted by Gasteiger charge is 2.11. The first kappa shape index (κ1) is 17.6. The summed E-state index contributed by atoms with van der Waals surface area (Å²) < 4.78 is 1.69. The zero-order valence-corrected chi connectivity index (χ0v) is 16.3. The average molecular weight is 397 g/mol. The maximum absolute atomic E-state index is 12.4. The molecule has 4 rings (SSSR count). The summed E-state index contributed by atoms with van der Waals surface area (Å²) >= 11 is 2.97. The van der Waals surface area contributed by atoms with Crippen molar-refractivity contribution in [2.45, 2.75) is 11.9 Å². The number of benzene rings is 1. The number of hydrogen-bond donors (Lipinski definition) is 1. The number of thiazole rings is 1. The first-order chi connectivity index (χ1) is 13.1. The minimum atomic E-state index is -0.0951. The molecule has 27 heavy (non-hydrogen) atoms. The fourth-order valence-corrected chi connectivity index (χ4v) is 4.02. The van der Waals surface area contributed by atoms with Crippen LogP contribution in [0.5, 0.6) is 0 Å². The van der Waals surface area contributed by atoms with Crippen molar-refractivity contribution in [1.29, 1.82) is 0 Å². The van der Waals surface area contributed by atoms with E-state index in [-0.39, 0.29) is 11.7 Å². The summed E-state index contributed by atoms with van der Waals surface area (Å²) in [5.74, 6) is 0.156. The predicted molar refractivity (Wildman–Crippen MR) is 108 cm³/mol. The number of amides is 1. The van der Waals surface area contributed by atoms with Gasteiger partial charge in [-0.3, -0.25) is 9.48 Å². The monoisotopic (exact) mass is 396 g/mol. The van der Waals surface area contributed by atoms with Gasteiger partial charge in [-0.2, -0.15) is 5.10 Å². The summed E-state index contributed by atoms with van der Waals surface area (Å²) in [4.78, 5) is 25.3. The van der Waals surface area contributed by atoms with E-state index in [1.165, 1.54) is 18.1 Å². The topological polar surface area (TPSA) is 85.6 Å². The summed E-state index contributed by atoms with van der Waals surface area (Å²) in [5.41, 5.74) is 3.40. The molecular formula is C18H16N6OS2. The van der Waals surface area contributed by atoms with Crippen LogP contribution in [0.1, 0.15) is 5.01 Å². The lowest BCUT2D eigenvalue weighted by atomic mass is 10.1. The number of aromatic nitrogens is 5. The Morgan fingerprint density at radius 2 is 2.22 bits per heavy atom. The largest absolute Gasteiger partial charge is 0.325 e. The minimum absolute atomic E-state index is 0.0951. The molecule has 0 aliphatic carbocycles. The molecule has 7 nitrogen and oxygen atoms in total. The van der Waals surface area contributed by atoms with Gasteiger partial charge in [0.1, 0.15) is 11.4 Å². The van der Waals surface area contributed by atoms with E-state index in [0.29, 0.717) is 0 Å². The van der Waals surface area contributed by atoms with E-state index in [9.17, 15) is 4.79 Å². The normalized spacial score (nSPS) is 11.0. The fraction of sp³-hybridized carbons (Fsp3) is 0.167. The lowest BCUT2D eigenvalue weighted by Gasteiger charge is -2.07. The molecule has 136 valence electrons. The van der Waals surface area contributed by atoms with E-state index in [1.54, 1.807) is 22.2 Å². The van der Waals surface area contributed by atoms with E-state index in [2.05, 4.69) is 25.4 Å². The molecule has 1 amide bonds. The smallest absolute Gasteiger partial charge is 0.234 e. The summed E-state index contributed by atoms with van der Waals surface area (Å²) in [7, 11) is 1.83. The number of hydrogen-bond acceptors (Lipinski definition) is 7. The number of carbonyl (C=O) groups excluding carboxylic acids is 1. The van der Waals surface area contributed by atoms with E-state index in [4.69, 9.17) is 0 Å². The second-order valence-electron chi connectivity index (χ2n) is 5.85. The average Bonchev–Trinajstić information content (AvgIpc) is 3.27. The van der Waals surface area contributed by atoms with Crippen LogP contribution in [0.15, 0.2) is 47.2 Å². The number of nitrogens with zero attached hydrogens (tertiary/aromatic N) is 5. The summed E-state index contributed by atoms with van der Waals surface area (Å²) in [5, 5.41) is 11.7. The van der Waals surface area contributed by atoms with Gasteiger partial charge in [-0.05, 0) is 19.1 Å². The van der Waals surface area contributed by atoms with Crippen molar-refractivity contribution in [3.8, 4) is 11.3 Å². The van der Waals surface area contributed by atoms with Gasteiger partial charge < -0.3 is 5.32 Å². The van der Waals surface area contributed by atoms with Crippen molar-refractivity contribution < 1.29 is 4.79 Å². The van der Waals surface area contributed by atoms with Crippen LogP contribution in [0.25, 0.3) is 22.3 Å². The zero-order chi connectivity index (χ0) is 18.8. The Morgan fingerprint density at radius 1 is 1.33 bits per heavy atom. The van der Waals surface area contributed by atoms with Crippen LogP contribution in [-0.2, 0) is 11.8 Å². The van der Waals surface area contributed by atoms with Gasteiger partial charge in [0.15, 0.2) is 5.65 Å². The molecule has 0 bridgehead atoms. The second-order valence-corrected chi connectivity index (χ2v) is 7.88. The van der Waals surface area contributed by atoms with Gasteiger partial charge in [0.2, 0.25) is 5.91 Å². The van der Waals surface area contributed by atoms with Crippen molar-refractivity contribution in [2.75, 3.05) is 11.1 Å². The molecule has 0 radical (unpaired) electrons. The number of rotatable bonds is 5. The van der Waals surface area contributed by atoms with Gasteiger partial charge in [0, 0.05) is 23.7 Å². The van der Waals surface area contributed by atoms with Crippen LogP contribution in [0, 0.1) is 6.92 Å². The number of thioether (sulfide) groups is 1. The molecule has 1 N–H and O–H groups in total. The number of aryl methyl sites for hydroxylation is 2. The van der Waals surface area contributed by atoms with Crippen molar-refractivity contribution in [3.05, 3.63) is 47.2 Å². The summed E-state index contributed by atoms with van der Waals surface area (Å²) in [6, 6.07) is 7.70. The molecular weight excluding hydrogens is 380 g/mol. The summed E-state index contributed by atoms with van der Waals surface area (Å²) in [6.07, 6.45) is 3.21. The lowest BCUT2D eigenvalue weighted by molar-refractivity contribution is -0.113. The number of carbonyl (C=O) groups is 1. The van der Waals surface area contributed by atoms with Crippen molar-refractivity contribution in [2.24, 2.45) is 7.05 Å². The molecule has 0 aliphatic rings. The van der Waals surface area contributed by atoms with E-state index >= 15 is 0 Å². The minimum Gasteiger partial charge on any atom is -0.325 e. The molecule has 3 aromatic heterocycles. The van der Waals surface area contributed by atoms with Crippen molar-refractivity contribution >= 4 is 45.7 Å². The van der Waals surface area contributed by atoms with Crippen LogP contribution < -0.4 is 5.32 Å². The Balaban J connectivity index is 1.44. The number of nitrogens with one attached hydrogen (secondary N) is 1. The van der Waals surface area contributed by atoms with Crippen LogP contribution in [-0.4, -0.2) is 36.4 Å². The SMILES string of the molecule is Cc1nc(-c2cccc(NC(=O)CSc3ncnc4c3cnn4C)c2)cs1. The quantitative estimate of drug-likeness (QED) is 0.410. The van der Waals surface area contributed by atoms with Gasteiger partial charge in [0.05, 0.1) is 28.0 Å². The van der Waals surface area contributed by atoms with Gasteiger partial charge in [-0.25, -0.2) is 15.0 Å². The molecule has 0 aliphatic heterocycles. The first-order valence-electron chi connectivity index (χ1n) is 8.18. The Labute approximate surface area is 163 Å². The molecule has 0 saturated heterocycles. The molecule has 0 saturated carbocycles. The Kier molecular flexibility index (Phi) is 4.87. The third-order valence-electron chi connectivity index (χ3n) is 3.89. The van der Waals surface area contributed by atoms with Crippen LogP contribution in [0.4, 0.5) is 5.69 Å². The fourth-order valence-electron chi connectivity index (χ4n) is 2.64. The first-order valence-corrected chi connectivity index (χ1v) is 10.0. The Hall–Kier alpha value is -2.78. The molecule has 0 unspecified atom stereocenters. The van der Waals surface area contributed by atoms with Gasteiger partial charge in [-0.1, -0.05) is 23.9 Å². The molecule has 0 spiro atoms. The van der Waals surface area contributed by atoms with Gasteiger partial charge in [-0.15, -0.1) is 11.3 Å². The highest BCUT2D eigenvalue weighted by molar-refractivity contribution is 8.00. The Morgan fingerprint density at radius 3 is 3.04 bits per heavy atom.